The fraction of sp³-hybridized carbons (Fsp3) is 0.143. The Morgan fingerprint density at radius 3 is 2.80 bits per heavy atom. The molecule has 0 bridgehead atoms. The molecule has 1 heterocycles. The monoisotopic (exact) mass is 323 g/mol. The van der Waals surface area contributed by atoms with Gasteiger partial charge in [-0.1, -0.05) is 23.7 Å². The molecule has 0 fully saturated rings. The molecule has 0 spiro atoms. The standard InChI is InChI=1S/C14H14ClN3S2/c1-9-11(15)5-3-6-12(9)16-14(19)18-17-10(2)13-7-4-8-20-13/h3-8H,1-2H3,(H2,16,18,19)/b17-10+. The van der Waals surface area contributed by atoms with E-state index in [2.05, 4.69) is 15.8 Å². The van der Waals surface area contributed by atoms with Crippen LogP contribution < -0.4 is 10.7 Å². The number of benzene rings is 1. The Kier molecular flexibility index (Phi) is 5.11. The van der Waals surface area contributed by atoms with E-state index in [-0.39, 0.29) is 0 Å². The summed E-state index contributed by atoms with van der Waals surface area (Å²) >= 11 is 12.9. The quantitative estimate of drug-likeness (QED) is 0.498. The molecule has 1 aromatic heterocycles. The predicted octanol–water partition coefficient (Wildman–Crippen LogP) is 4.42. The van der Waals surface area contributed by atoms with Crippen LogP contribution in [0.1, 0.15) is 17.4 Å². The first-order valence-electron chi connectivity index (χ1n) is 5.98. The number of hydrazone groups is 1. The molecule has 0 aliphatic heterocycles. The van der Waals surface area contributed by atoms with Gasteiger partial charge in [0.05, 0.1) is 5.71 Å². The van der Waals surface area contributed by atoms with Crippen molar-refractivity contribution >= 4 is 51.7 Å². The number of thiocarbonyl (C=S) groups is 1. The van der Waals surface area contributed by atoms with E-state index in [1.165, 1.54) is 0 Å². The smallest absolute Gasteiger partial charge is 0.191 e. The van der Waals surface area contributed by atoms with Crippen molar-refractivity contribution in [2.75, 3.05) is 5.32 Å². The summed E-state index contributed by atoms with van der Waals surface area (Å²) in [5.74, 6) is 0. The number of thiophene rings is 1. The number of nitrogens with one attached hydrogen (secondary N) is 2. The predicted molar refractivity (Wildman–Crippen MR) is 92.1 cm³/mol. The van der Waals surface area contributed by atoms with Gasteiger partial charge in [-0.05, 0) is 55.2 Å². The van der Waals surface area contributed by atoms with Crippen molar-refractivity contribution in [3.63, 3.8) is 0 Å². The summed E-state index contributed by atoms with van der Waals surface area (Å²) in [6.45, 7) is 3.87. The lowest BCUT2D eigenvalue weighted by molar-refractivity contribution is 1.04. The molecular weight excluding hydrogens is 310 g/mol. The molecular formula is C14H14ClN3S2. The van der Waals surface area contributed by atoms with Crippen molar-refractivity contribution in [1.82, 2.24) is 5.43 Å². The van der Waals surface area contributed by atoms with E-state index < -0.39 is 0 Å². The van der Waals surface area contributed by atoms with Crippen molar-refractivity contribution in [1.29, 1.82) is 0 Å². The van der Waals surface area contributed by atoms with Crippen LogP contribution >= 0.6 is 35.2 Å². The van der Waals surface area contributed by atoms with Crippen LogP contribution in [0.5, 0.6) is 0 Å². The molecule has 1 aromatic carbocycles. The molecule has 0 aliphatic carbocycles. The second kappa shape index (κ2) is 6.83. The third-order valence-electron chi connectivity index (χ3n) is 2.72. The van der Waals surface area contributed by atoms with E-state index in [0.29, 0.717) is 10.1 Å². The third-order valence-corrected chi connectivity index (χ3v) is 4.30. The highest BCUT2D eigenvalue weighted by molar-refractivity contribution is 7.80. The molecule has 104 valence electrons. The number of nitrogens with zero attached hydrogens (tertiary/aromatic N) is 1. The minimum atomic E-state index is 0.436. The van der Waals surface area contributed by atoms with Crippen molar-refractivity contribution in [2.45, 2.75) is 13.8 Å². The van der Waals surface area contributed by atoms with Crippen LogP contribution in [0, 0.1) is 6.92 Å². The normalized spacial score (nSPS) is 11.2. The first-order valence-corrected chi connectivity index (χ1v) is 7.65. The van der Waals surface area contributed by atoms with E-state index in [1.54, 1.807) is 11.3 Å². The molecule has 20 heavy (non-hydrogen) atoms. The van der Waals surface area contributed by atoms with Crippen LogP contribution in [0.4, 0.5) is 5.69 Å². The lowest BCUT2D eigenvalue weighted by Gasteiger charge is -2.11. The van der Waals surface area contributed by atoms with Crippen LogP contribution in [0.3, 0.4) is 0 Å². The van der Waals surface area contributed by atoms with E-state index in [1.807, 2.05) is 49.6 Å². The Hall–Kier alpha value is -1.43. The van der Waals surface area contributed by atoms with Crippen LogP contribution in [-0.4, -0.2) is 10.8 Å². The van der Waals surface area contributed by atoms with Gasteiger partial charge in [-0.15, -0.1) is 11.3 Å². The van der Waals surface area contributed by atoms with E-state index >= 15 is 0 Å². The van der Waals surface area contributed by atoms with Gasteiger partial charge in [-0.25, -0.2) is 0 Å². The lowest BCUT2D eigenvalue weighted by atomic mass is 10.2. The van der Waals surface area contributed by atoms with Gasteiger partial charge in [0.1, 0.15) is 0 Å². The first kappa shape index (κ1) is 15.0. The van der Waals surface area contributed by atoms with Gasteiger partial charge < -0.3 is 5.32 Å². The van der Waals surface area contributed by atoms with Gasteiger partial charge in [0.25, 0.3) is 0 Å². The third kappa shape index (κ3) is 3.79. The van der Waals surface area contributed by atoms with Gasteiger partial charge in [0.2, 0.25) is 0 Å². The average Bonchev–Trinajstić information content (AvgIpc) is 2.95. The second-order valence-corrected chi connectivity index (χ2v) is 5.92. The van der Waals surface area contributed by atoms with Gasteiger partial charge in [0, 0.05) is 15.6 Å². The lowest BCUT2D eigenvalue weighted by Crippen LogP contribution is -2.25. The summed E-state index contributed by atoms with van der Waals surface area (Å²) in [4.78, 5) is 1.11. The highest BCUT2D eigenvalue weighted by atomic mass is 35.5. The van der Waals surface area contributed by atoms with Crippen molar-refractivity contribution in [3.05, 3.63) is 51.2 Å². The topological polar surface area (TPSA) is 36.4 Å². The van der Waals surface area contributed by atoms with Crippen LogP contribution in [-0.2, 0) is 0 Å². The van der Waals surface area contributed by atoms with Gasteiger partial charge in [-0.2, -0.15) is 5.10 Å². The summed E-state index contributed by atoms with van der Waals surface area (Å²) < 4.78 is 0. The summed E-state index contributed by atoms with van der Waals surface area (Å²) in [6.07, 6.45) is 0. The van der Waals surface area contributed by atoms with Gasteiger partial charge >= 0.3 is 0 Å². The fourth-order valence-electron chi connectivity index (χ4n) is 1.57. The number of rotatable bonds is 3. The Bertz CT molecular complexity index is 636. The number of anilines is 1. The highest BCUT2D eigenvalue weighted by Crippen LogP contribution is 2.22. The molecule has 2 aromatic rings. The SMILES string of the molecule is C/C(=N\NC(=S)Nc1cccc(Cl)c1C)c1cccs1. The molecule has 0 radical (unpaired) electrons. The molecule has 0 amide bonds. The molecule has 6 heteroatoms. The maximum atomic E-state index is 6.06. The molecule has 2 N–H and O–H groups in total. The molecule has 2 rings (SSSR count). The Balaban J connectivity index is 1.99. The van der Waals surface area contributed by atoms with Gasteiger partial charge in [-0.3, -0.25) is 5.43 Å². The first-order chi connectivity index (χ1) is 9.58. The molecule has 0 saturated carbocycles. The zero-order chi connectivity index (χ0) is 14.5. The van der Waals surface area contributed by atoms with Crippen LogP contribution in [0.25, 0.3) is 0 Å². The molecule has 3 nitrogen and oxygen atoms in total. The Labute approximate surface area is 132 Å². The highest BCUT2D eigenvalue weighted by Gasteiger charge is 2.04. The molecule has 0 unspecified atom stereocenters. The number of hydrogen-bond donors (Lipinski definition) is 2. The summed E-state index contributed by atoms with van der Waals surface area (Å²) in [7, 11) is 0. The van der Waals surface area contributed by atoms with Crippen molar-refractivity contribution < 1.29 is 0 Å². The van der Waals surface area contributed by atoms with E-state index in [9.17, 15) is 0 Å². The zero-order valence-electron chi connectivity index (χ0n) is 11.1. The minimum absolute atomic E-state index is 0.436. The number of halogens is 1. The summed E-state index contributed by atoms with van der Waals surface area (Å²) in [5, 5.41) is 10.5. The number of hydrogen-bond acceptors (Lipinski definition) is 3. The summed E-state index contributed by atoms with van der Waals surface area (Å²) in [6, 6.07) is 9.65. The van der Waals surface area contributed by atoms with Crippen LogP contribution in [0.2, 0.25) is 5.02 Å². The fourth-order valence-corrected chi connectivity index (χ4v) is 2.57. The van der Waals surface area contributed by atoms with Crippen molar-refractivity contribution in [2.24, 2.45) is 5.10 Å². The van der Waals surface area contributed by atoms with Gasteiger partial charge in [0.15, 0.2) is 5.11 Å². The maximum absolute atomic E-state index is 6.06. The molecule has 0 aliphatic rings. The summed E-state index contributed by atoms with van der Waals surface area (Å²) in [5.41, 5.74) is 5.56. The Morgan fingerprint density at radius 2 is 2.10 bits per heavy atom. The maximum Gasteiger partial charge on any atom is 0.191 e. The zero-order valence-corrected chi connectivity index (χ0v) is 13.5. The average molecular weight is 324 g/mol. The van der Waals surface area contributed by atoms with E-state index in [0.717, 1.165) is 21.8 Å². The van der Waals surface area contributed by atoms with E-state index in [4.69, 9.17) is 23.8 Å². The van der Waals surface area contributed by atoms with Crippen molar-refractivity contribution in [3.8, 4) is 0 Å². The minimum Gasteiger partial charge on any atom is -0.331 e. The second-order valence-electron chi connectivity index (χ2n) is 4.15. The molecule has 0 saturated heterocycles. The molecule has 0 atom stereocenters. The Morgan fingerprint density at radius 1 is 1.30 bits per heavy atom. The largest absolute Gasteiger partial charge is 0.331 e. The van der Waals surface area contributed by atoms with Crippen LogP contribution in [0.15, 0.2) is 40.8 Å².